The van der Waals surface area contributed by atoms with Crippen LogP contribution >= 0.6 is 0 Å². The van der Waals surface area contributed by atoms with Gasteiger partial charge in [-0.25, -0.2) is 28.5 Å². The summed E-state index contributed by atoms with van der Waals surface area (Å²) in [6, 6.07) is 9.35. The monoisotopic (exact) mass is 581 g/mol. The van der Waals surface area contributed by atoms with Crippen molar-refractivity contribution in [1.82, 2.24) is 29.7 Å². The molecule has 2 aromatic heterocycles. The number of hydrogen-bond acceptors (Lipinski definition) is 6. The molecule has 42 heavy (non-hydrogen) atoms. The van der Waals surface area contributed by atoms with Gasteiger partial charge >= 0.3 is 6.03 Å². The van der Waals surface area contributed by atoms with Gasteiger partial charge in [-0.15, -0.1) is 0 Å². The summed E-state index contributed by atoms with van der Waals surface area (Å²) in [5.41, 5.74) is 1.12. The summed E-state index contributed by atoms with van der Waals surface area (Å²) >= 11 is 0. The highest BCUT2D eigenvalue weighted by Gasteiger charge is 2.26. The standard InChI is InChI=1S/C31H41F2N7O2/c32-29(33)30-35-24-8-2-3-9-25(24)40(30)28-21-27(38-17-19-42-20-18-38)36-26(37-28)10-6-7-22-11-13-23(14-12-22)34-31(41)39-15-4-1-5-16-39/h2-3,8-9,21-23,29H,1,4-7,10-20H2,(H,34,41). The van der Waals surface area contributed by atoms with Gasteiger partial charge in [0.1, 0.15) is 17.5 Å². The van der Waals surface area contributed by atoms with Crippen LogP contribution in [0.2, 0.25) is 0 Å². The maximum Gasteiger partial charge on any atom is 0.317 e. The SMILES string of the molecule is O=C(NC1CCC(CCCc2nc(N3CCOCC3)cc(-n3c(C(F)F)nc4ccccc43)n2)CC1)N1CCCCC1. The second-order valence-corrected chi connectivity index (χ2v) is 11.8. The zero-order chi connectivity index (χ0) is 28.9. The number of aromatic nitrogens is 4. The minimum atomic E-state index is -2.73. The molecular formula is C31H41F2N7O2. The van der Waals surface area contributed by atoms with Crippen molar-refractivity contribution < 1.29 is 18.3 Å². The second-order valence-electron chi connectivity index (χ2n) is 11.8. The number of alkyl halides is 2. The van der Waals surface area contributed by atoms with Gasteiger partial charge in [0.2, 0.25) is 0 Å². The molecule has 3 fully saturated rings. The molecule has 2 saturated heterocycles. The van der Waals surface area contributed by atoms with E-state index in [2.05, 4.69) is 15.2 Å². The third-order valence-corrected chi connectivity index (χ3v) is 8.92. The fourth-order valence-corrected chi connectivity index (χ4v) is 6.59. The van der Waals surface area contributed by atoms with Crippen LogP contribution in [0, 0.1) is 5.92 Å². The lowest BCUT2D eigenvalue weighted by molar-refractivity contribution is 0.122. The van der Waals surface area contributed by atoms with Gasteiger partial charge in [0.15, 0.2) is 5.82 Å². The van der Waals surface area contributed by atoms with Crippen molar-refractivity contribution in [3.05, 3.63) is 42.0 Å². The maximum atomic E-state index is 14.1. The molecule has 1 N–H and O–H groups in total. The number of halogens is 2. The Hall–Kier alpha value is -3.34. The number of urea groups is 1. The van der Waals surface area contributed by atoms with Crippen LogP contribution in [-0.4, -0.2) is 75.9 Å². The van der Waals surface area contributed by atoms with Gasteiger partial charge in [-0.1, -0.05) is 18.6 Å². The number of likely N-dealkylation sites (tertiary alicyclic amines) is 1. The van der Waals surface area contributed by atoms with E-state index in [9.17, 15) is 13.6 Å². The number of hydrogen-bond donors (Lipinski definition) is 1. The minimum absolute atomic E-state index is 0.104. The molecule has 0 atom stereocenters. The third-order valence-electron chi connectivity index (χ3n) is 8.92. The highest BCUT2D eigenvalue weighted by atomic mass is 19.3. The quantitative estimate of drug-likeness (QED) is 0.369. The Morgan fingerprint density at radius 1 is 0.952 bits per heavy atom. The number of rotatable bonds is 8. The van der Waals surface area contributed by atoms with E-state index in [4.69, 9.17) is 14.7 Å². The lowest BCUT2D eigenvalue weighted by Crippen LogP contribution is -2.47. The molecule has 226 valence electrons. The lowest BCUT2D eigenvalue weighted by atomic mass is 9.83. The molecule has 0 spiro atoms. The van der Waals surface area contributed by atoms with Crippen molar-refractivity contribution in [2.24, 2.45) is 5.92 Å². The van der Waals surface area contributed by atoms with Crippen molar-refractivity contribution in [3.8, 4) is 5.82 Å². The molecule has 0 unspecified atom stereocenters. The minimum Gasteiger partial charge on any atom is -0.378 e. The van der Waals surface area contributed by atoms with E-state index in [1.54, 1.807) is 24.3 Å². The van der Waals surface area contributed by atoms with Crippen molar-refractivity contribution in [3.63, 3.8) is 0 Å². The van der Waals surface area contributed by atoms with Gasteiger partial charge in [0.25, 0.3) is 6.43 Å². The predicted molar refractivity (Wildman–Crippen MR) is 157 cm³/mol. The van der Waals surface area contributed by atoms with Gasteiger partial charge in [0, 0.05) is 44.7 Å². The summed E-state index contributed by atoms with van der Waals surface area (Å²) in [6.07, 6.45) is 7.58. The number of morpholine rings is 1. The molecule has 0 bridgehead atoms. The third kappa shape index (κ3) is 6.66. The van der Waals surface area contributed by atoms with E-state index >= 15 is 0 Å². The molecule has 2 aliphatic heterocycles. The molecule has 1 aromatic carbocycles. The van der Waals surface area contributed by atoms with E-state index in [0.717, 1.165) is 70.3 Å². The number of ether oxygens (including phenoxy) is 1. The summed E-state index contributed by atoms with van der Waals surface area (Å²) in [6.45, 7) is 4.34. The van der Waals surface area contributed by atoms with E-state index in [1.807, 2.05) is 11.0 Å². The maximum absolute atomic E-state index is 14.1. The second kappa shape index (κ2) is 13.3. The van der Waals surface area contributed by atoms with E-state index in [1.165, 1.54) is 11.0 Å². The average molecular weight is 582 g/mol. The Morgan fingerprint density at radius 2 is 1.69 bits per heavy atom. The first kappa shape index (κ1) is 28.8. The van der Waals surface area contributed by atoms with E-state index < -0.39 is 6.43 Å². The van der Waals surface area contributed by atoms with Crippen LogP contribution in [0.5, 0.6) is 0 Å². The van der Waals surface area contributed by atoms with Gasteiger partial charge in [0.05, 0.1) is 24.2 Å². The molecule has 2 amide bonds. The van der Waals surface area contributed by atoms with Gasteiger partial charge in [-0.3, -0.25) is 4.57 Å². The zero-order valence-corrected chi connectivity index (χ0v) is 24.2. The number of amides is 2. The van der Waals surface area contributed by atoms with Crippen molar-refractivity contribution in [2.45, 2.75) is 76.7 Å². The Kier molecular flexibility index (Phi) is 9.12. The van der Waals surface area contributed by atoms with E-state index in [-0.39, 0.29) is 17.9 Å². The highest BCUT2D eigenvalue weighted by molar-refractivity contribution is 5.78. The smallest absolute Gasteiger partial charge is 0.317 e. The zero-order valence-electron chi connectivity index (χ0n) is 24.2. The van der Waals surface area contributed by atoms with Crippen LogP contribution in [0.15, 0.2) is 30.3 Å². The Labute approximate surface area is 245 Å². The summed E-state index contributed by atoms with van der Waals surface area (Å²) in [7, 11) is 0. The Morgan fingerprint density at radius 3 is 2.45 bits per heavy atom. The van der Waals surface area contributed by atoms with Crippen molar-refractivity contribution in [1.29, 1.82) is 0 Å². The summed E-state index contributed by atoms with van der Waals surface area (Å²) in [5.74, 6) is 2.13. The Bertz CT molecular complexity index is 1350. The predicted octanol–water partition coefficient (Wildman–Crippen LogP) is 5.67. The first-order chi connectivity index (χ1) is 20.5. The van der Waals surface area contributed by atoms with Crippen molar-refractivity contribution >= 4 is 22.9 Å². The molecule has 3 aromatic rings. The largest absolute Gasteiger partial charge is 0.378 e. The first-order valence-electron chi connectivity index (χ1n) is 15.6. The van der Waals surface area contributed by atoms with Crippen LogP contribution in [0.1, 0.15) is 75.9 Å². The number of nitrogens with one attached hydrogen (secondary N) is 1. The number of imidazole rings is 1. The summed E-state index contributed by atoms with van der Waals surface area (Å²) in [4.78, 5) is 30.6. The normalized spacial score (nSPS) is 21.7. The fraction of sp³-hybridized carbons (Fsp3) is 0.613. The lowest BCUT2D eigenvalue weighted by Gasteiger charge is -2.33. The molecule has 6 rings (SSSR count). The van der Waals surface area contributed by atoms with Gasteiger partial charge in [-0.05, 0) is 69.4 Å². The van der Waals surface area contributed by atoms with E-state index in [0.29, 0.717) is 61.3 Å². The molecular weight excluding hydrogens is 540 g/mol. The number of aryl methyl sites for hydroxylation is 1. The number of nitrogens with zero attached hydrogens (tertiary/aromatic N) is 6. The average Bonchev–Trinajstić information content (AvgIpc) is 3.43. The van der Waals surface area contributed by atoms with Gasteiger partial charge < -0.3 is 19.9 Å². The molecule has 1 saturated carbocycles. The summed E-state index contributed by atoms with van der Waals surface area (Å²) < 4.78 is 35.3. The highest BCUT2D eigenvalue weighted by Crippen LogP contribution is 2.31. The summed E-state index contributed by atoms with van der Waals surface area (Å²) in [5, 5.41) is 3.27. The number of anilines is 1. The van der Waals surface area contributed by atoms with Crippen LogP contribution in [0.25, 0.3) is 16.9 Å². The number of piperidine rings is 1. The fourth-order valence-electron chi connectivity index (χ4n) is 6.59. The molecule has 3 aliphatic rings. The number of fused-ring (bicyclic) bond motifs is 1. The number of carbonyl (C=O) groups is 1. The van der Waals surface area contributed by atoms with Crippen LogP contribution in [0.3, 0.4) is 0 Å². The first-order valence-corrected chi connectivity index (χ1v) is 15.6. The molecule has 1 aliphatic carbocycles. The molecule has 11 heteroatoms. The van der Waals surface area contributed by atoms with Crippen LogP contribution < -0.4 is 10.2 Å². The number of carbonyl (C=O) groups excluding carboxylic acids is 1. The Balaban J connectivity index is 1.12. The molecule has 9 nitrogen and oxygen atoms in total. The van der Waals surface area contributed by atoms with Crippen molar-refractivity contribution in [2.75, 3.05) is 44.3 Å². The van der Waals surface area contributed by atoms with Crippen LogP contribution in [0.4, 0.5) is 19.4 Å². The van der Waals surface area contributed by atoms with Crippen LogP contribution in [-0.2, 0) is 11.2 Å². The topological polar surface area (TPSA) is 88.4 Å². The molecule has 0 radical (unpaired) electrons. The van der Waals surface area contributed by atoms with Gasteiger partial charge in [-0.2, -0.15) is 0 Å². The molecule has 4 heterocycles. The number of para-hydroxylation sites is 2. The number of benzene rings is 1.